The summed E-state index contributed by atoms with van der Waals surface area (Å²) in [5.74, 6) is -0.136. The van der Waals surface area contributed by atoms with Gasteiger partial charge in [0.05, 0.1) is 6.20 Å². The van der Waals surface area contributed by atoms with Crippen LogP contribution in [0.2, 0.25) is 0 Å². The summed E-state index contributed by atoms with van der Waals surface area (Å²) in [5.41, 5.74) is 0.643. The summed E-state index contributed by atoms with van der Waals surface area (Å²) >= 11 is 0. The van der Waals surface area contributed by atoms with Crippen LogP contribution in [-0.4, -0.2) is 15.3 Å². The molecule has 0 unspecified atom stereocenters. The maximum atomic E-state index is 11.6. The highest BCUT2D eigenvalue weighted by Crippen LogP contribution is 2.11. The largest absolute Gasteiger partial charge is 0.506 e. The van der Waals surface area contributed by atoms with Crippen LogP contribution in [0.5, 0.6) is 5.75 Å². The average Bonchev–Trinajstić information content (AvgIpc) is 2.18. The number of ketones is 1. The molecule has 4 heteroatoms. The molecule has 4 nitrogen and oxygen atoms in total. The Morgan fingerprint density at radius 2 is 2.07 bits per heavy atom. The summed E-state index contributed by atoms with van der Waals surface area (Å²) in [6.45, 7) is 1.41. The Balaban J connectivity index is 2.84. The van der Waals surface area contributed by atoms with E-state index in [2.05, 4.69) is 0 Å². The molecule has 0 aliphatic rings. The van der Waals surface area contributed by atoms with E-state index in [-0.39, 0.29) is 17.1 Å². The minimum absolute atomic E-state index is 0.0141. The quantitative estimate of drug-likeness (QED) is 0.708. The van der Waals surface area contributed by atoms with E-state index in [1.807, 2.05) is 0 Å². The van der Waals surface area contributed by atoms with Crippen LogP contribution < -0.4 is 5.56 Å². The first-order valence-corrected chi connectivity index (χ1v) is 4.44. The number of aromatic hydroxyl groups is 1. The molecule has 0 aliphatic carbocycles. The van der Waals surface area contributed by atoms with Crippen molar-refractivity contribution in [2.75, 3.05) is 0 Å². The molecule has 2 aromatic rings. The molecule has 0 atom stereocenters. The van der Waals surface area contributed by atoms with Crippen molar-refractivity contribution in [3.63, 3.8) is 0 Å². The Bertz CT molecular complexity index is 598. The summed E-state index contributed by atoms with van der Waals surface area (Å²) in [5, 5.41) is 9.21. The van der Waals surface area contributed by atoms with E-state index in [9.17, 15) is 14.7 Å². The van der Waals surface area contributed by atoms with Crippen LogP contribution in [0.3, 0.4) is 0 Å². The Kier molecular flexibility index (Phi) is 2.04. The molecule has 15 heavy (non-hydrogen) atoms. The maximum absolute atomic E-state index is 11.6. The van der Waals surface area contributed by atoms with E-state index in [1.54, 1.807) is 12.1 Å². The second-order valence-electron chi connectivity index (χ2n) is 3.32. The van der Waals surface area contributed by atoms with Crippen LogP contribution in [0, 0.1) is 0 Å². The van der Waals surface area contributed by atoms with Crippen molar-refractivity contribution in [1.82, 2.24) is 4.40 Å². The fourth-order valence-electron chi connectivity index (χ4n) is 1.42. The minimum Gasteiger partial charge on any atom is -0.506 e. The number of Topliss-reactive ketones (excluding diaryl/α,β-unsaturated/α-hetero) is 1. The van der Waals surface area contributed by atoms with Crippen molar-refractivity contribution in [2.24, 2.45) is 0 Å². The Morgan fingerprint density at radius 3 is 2.73 bits per heavy atom. The average molecular weight is 203 g/mol. The Morgan fingerprint density at radius 1 is 1.33 bits per heavy atom. The fraction of sp³-hybridized carbons (Fsp3) is 0.0909. The topological polar surface area (TPSA) is 58.8 Å². The molecule has 0 aliphatic heterocycles. The van der Waals surface area contributed by atoms with E-state index < -0.39 is 0 Å². The molecule has 0 saturated heterocycles. The van der Waals surface area contributed by atoms with Crippen LogP contribution in [0.1, 0.15) is 17.3 Å². The number of nitrogens with zero attached hydrogens (tertiary/aromatic N) is 1. The summed E-state index contributed by atoms with van der Waals surface area (Å²) in [7, 11) is 0. The lowest BCUT2D eigenvalue weighted by Gasteiger charge is -2.02. The lowest BCUT2D eigenvalue weighted by Crippen LogP contribution is -2.14. The second-order valence-corrected chi connectivity index (χ2v) is 3.32. The Labute approximate surface area is 85.4 Å². The highest BCUT2D eigenvalue weighted by molar-refractivity contribution is 5.95. The number of hydrogen-bond donors (Lipinski definition) is 1. The van der Waals surface area contributed by atoms with Crippen molar-refractivity contribution in [3.8, 4) is 5.75 Å². The highest BCUT2D eigenvalue weighted by Gasteiger charge is 2.04. The van der Waals surface area contributed by atoms with E-state index >= 15 is 0 Å². The van der Waals surface area contributed by atoms with Gasteiger partial charge in [-0.3, -0.25) is 14.0 Å². The van der Waals surface area contributed by atoms with Crippen molar-refractivity contribution < 1.29 is 9.90 Å². The van der Waals surface area contributed by atoms with Crippen molar-refractivity contribution in [2.45, 2.75) is 6.92 Å². The van der Waals surface area contributed by atoms with Crippen molar-refractivity contribution in [3.05, 3.63) is 46.4 Å². The number of pyridine rings is 2. The predicted molar refractivity (Wildman–Crippen MR) is 55.3 cm³/mol. The van der Waals surface area contributed by atoms with Crippen LogP contribution in [-0.2, 0) is 0 Å². The number of fused-ring (bicyclic) bond motifs is 1. The van der Waals surface area contributed by atoms with Gasteiger partial charge in [0.25, 0.3) is 5.56 Å². The molecule has 1 N–H and O–H groups in total. The summed E-state index contributed by atoms with van der Waals surface area (Å²) in [6, 6.07) is 5.93. The van der Waals surface area contributed by atoms with Crippen LogP contribution in [0.4, 0.5) is 0 Å². The number of carbonyl (C=O) groups is 1. The van der Waals surface area contributed by atoms with Gasteiger partial charge in [0.1, 0.15) is 5.75 Å². The monoisotopic (exact) mass is 203 g/mol. The van der Waals surface area contributed by atoms with Gasteiger partial charge < -0.3 is 5.11 Å². The molecular formula is C11H9NO3. The third-order valence-electron chi connectivity index (χ3n) is 2.19. The van der Waals surface area contributed by atoms with Gasteiger partial charge in [0.15, 0.2) is 5.78 Å². The van der Waals surface area contributed by atoms with Gasteiger partial charge in [-0.25, -0.2) is 0 Å². The van der Waals surface area contributed by atoms with Crippen LogP contribution >= 0.6 is 0 Å². The molecule has 0 radical (unpaired) electrons. The van der Waals surface area contributed by atoms with E-state index in [0.717, 1.165) is 0 Å². The van der Waals surface area contributed by atoms with Crippen molar-refractivity contribution in [1.29, 1.82) is 0 Å². The van der Waals surface area contributed by atoms with Gasteiger partial charge >= 0.3 is 0 Å². The lowest BCUT2D eigenvalue weighted by molar-refractivity contribution is 0.101. The van der Waals surface area contributed by atoms with Gasteiger partial charge in [0.2, 0.25) is 0 Å². The summed E-state index contributed by atoms with van der Waals surface area (Å²) in [4.78, 5) is 22.7. The second kappa shape index (κ2) is 3.24. The molecule has 0 aromatic carbocycles. The molecule has 76 valence electrons. The molecule has 0 saturated carbocycles. The standard InChI is InChI=1S/C11H9NO3/c1-7(13)8-4-9-2-3-10(14)6-12(9)11(15)5-8/h2-6,14H,1H3. The first-order chi connectivity index (χ1) is 7.08. The Hall–Kier alpha value is -2.10. The summed E-state index contributed by atoms with van der Waals surface area (Å²) in [6.07, 6.45) is 1.32. The number of rotatable bonds is 1. The van der Waals surface area contributed by atoms with Gasteiger partial charge in [0, 0.05) is 17.1 Å². The first kappa shape index (κ1) is 9.45. The van der Waals surface area contributed by atoms with Gasteiger partial charge in [-0.1, -0.05) is 0 Å². The molecule has 2 heterocycles. The SMILES string of the molecule is CC(=O)c1cc(=O)n2cc(O)ccc2c1. The van der Waals surface area contributed by atoms with E-state index in [4.69, 9.17) is 0 Å². The predicted octanol–water partition coefficient (Wildman–Crippen LogP) is 1.21. The fourth-order valence-corrected chi connectivity index (χ4v) is 1.42. The zero-order chi connectivity index (χ0) is 11.0. The summed E-state index contributed by atoms with van der Waals surface area (Å²) < 4.78 is 1.29. The molecular weight excluding hydrogens is 194 g/mol. The molecule has 2 aromatic heterocycles. The van der Waals surface area contributed by atoms with Gasteiger partial charge in [-0.15, -0.1) is 0 Å². The first-order valence-electron chi connectivity index (χ1n) is 4.44. The number of hydrogen-bond acceptors (Lipinski definition) is 3. The third-order valence-corrected chi connectivity index (χ3v) is 2.19. The smallest absolute Gasteiger partial charge is 0.255 e. The zero-order valence-corrected chi connectivity index (χ0v) is 8.10. The van der Waals surface area contributed by atoms with Crippen LogP contribution in [0.25, 0.3) is 5.52 Å². The van der Waals surface area contributed by atoms with E-state index in [0.29, 0.717) is 11.1 Å². The normalized spacial score (nSPS) is 10.5. The number of carbonyl (C=O) groups excluding carboxylic acids is 1. The molecule has 0 fully saturated rings. The third kappa shape index (κ3) is 1.61. The molecule has 2 rings (SSSR count). The maximum Gasteiger partial charge on any atom is 0.255 e. The highest BCUT2D eigenvalue weighted by atomic mass is 16.3. The van der Waals surface area contributed by atoms with Gasteiger partial charge in [-0.05, 0) is 25.1 Å². The molecule has 0 amide bonds. The van der Waals surface area contributed by atoms with Crippen LogP contribution in [0.15, 0.2) is 35.3 Å². The molecule has 0 spiro atoms. The van der Waals surface area contributed by atoms with E-state index in [1.165, 1.54) is 29.7 Å². The lowest BCUT2D eigenvalue weighted by atomic mass is 10.1. The van der Waals surface area contributed by atoms with Crippen molar-refractivity contribution >= 4 is 11.3 Å². The zero-order valence-electron chi connectivity index (χ0n) is 8.10. The minimum atomic E-state index is -0.325. The van der Waals surface area contributed by atoms with Gasteiger partial charge in [-0.2, -0.15) is 0 Å². The molecule has 0 bridgehead atoms. The number of aromatic nitrogens is 1.